The van der Waals surface area contributed by atoms with E-state index in [9.17, 15) is 4.79 Å². The maximum atomic E-state index is 10.8. The van der Waals surface area contributed by atoms with E-state index in [1.807, 2.05) is 0 Å². The number of carbonyl (C=O) groups excluding carboxylic acids is 1. The Bertz CT molecular complexity index is 212. The van der Waals surface area contributed by atoms with Crippen molar-refractivity contribution in [1.82, 2.24) is 10.3 Å². The van der Waals surface area contributed by atoms with Crippen LogP contribution in [0.25, 0.3) is 0 Å². The van der Waals surface area contributed by atoms with Crippen LogP contribution in [0.1, 0.15) is 32.6 Å². The average Bonchev–Trinajstić information content (AvgIpc) is 2.27. The second kappa shape index (κ2) is 9.44. The summed E-state index contributed by atoms with van der Waals surface area (Å²) in [7, 11) is 0. The number of hydrazine groups is 1. The molecule has 0 aromatic carbocycles. The van der Waals surface area contributed by atoms with Crippen LogP contribution in [0.15, 0.2) is 0 Å². The van der Waals surface area contributed by atoms with Crippen LogP contribution in [0.3, 0.4) is 0 Å². The maximum Gasteiger partial charge on any atom is 0.233 e. The van der Waals surface area contributed by atoms with Gasteiger partial charge in [0.2, 0.25) is 5.91 Å². The molecule has 0 spiro atoms. The van der Waals surface area contributed by atoms with Gasteiger partial charge in [0.05, 0.1) is 6.07 Å². The lowest BCUT2D eigenvalue weighted by molar-refractivity contribution is -0.121. The Morgan fingerprint density at radius 3 is 2.73 bits per heavy atom. The van der Waals surface area contributed by atoms with Crippen molar-refractivity contribution in [2.75, 3.05) is 19.6 Å². The number of nitrogens with zero attached hydrogens (tertiary/aromatic N) is 2. The summed E-state index contributed by atoms with van der Waals surface area (Å²) in [6.07, 6.45) is 2.85. The first kappa shape index (κ1) is 13.9. The second-order valence-corrected chi connectivity index (χ2v) is 3.37. The summed E-state index contributed by atoms with van der Waals surface area (Å²) in [6, 6.07) is 2.13. The molecule has 0 unspecified atom stereocenters. The zero-order valence-electron chi connectivity index (χ0n) is 9.33. The van der Waals surface area contributed by atoms with Crippen molar-refractivity contribution in [1.29, 1.82) is 5.26 Å². The third-order valence-corrected chi connectivity index (χ3v) is 2.28. The Morgan fingerprint density at radius 2 is 2.20 bits per heavy atom. The summed E-state index contributed by atoms with van der Waals surface area (Å²) in [5.74, 6) is 4.84. The fraction of sp³-hybridized carbons (Fsp3) is 0.800. The number of nitrogens with two attached hydrogens (primary N) is 1. The van der Waals surface area contributed by atoms with E-state index in [2.05, 4.69) is 23.3 Å². The monoisotopic (exact) mass is 212 g/mol. The first-order valence-electron chi connectivity index (χ1n) is 5.33. The van der Waals surface area contributed by atoms with Gasteiger partial charge in [0.15, 0.2) is 0 Å². The zero-order valence-corrected chi connectivity index (χ0v) is 9.33. The summed E-state index contributed by atoms with van der Waals surface area (Å²) >= 11 is 0. The highest BCUT2D eigenvalue weighted by Crippen LogP contribution is 1.99. The number of amides is 1. The minimum absolute atomic E-state index is 0.116. The van der Waals surface area contributed by atoms with Crippen LogP contribution in [0, 0.1) is 11.3 Å². The van der Waals surface area contributed by atoms with Crippen LogP contribution in [0.4, 0.5) is 0 Å². The summed E-state index contributed by atoms with van der Waals surface area (Å²) < 4.78 is 0. The van der Waals surface area contributed by atoms with E-state index in [0.717, 1.165) is 32.5 Å². The highest BCUT2D eigenvalue weighted by atomic mass is 16.2. The topological polar surface area (TPSA) is 82.2 Å². The molecule has 0 aromatic rings. The van der Waals surface area contributed by atoms with Gasteiger partial charge in [0.25, 0.3) is 0 Å². The second-order valence-electron chi connectivity index (χ2n) is 3.37. The molecule has 0 saturated heterocycles. The summed E-state index contributed by atoms with van der Waals surface area (Å²) in [5, 5.41) is 8.44. The fourth-order valence-electron chi connectivity index (χ4n) is 1.33. The molecule has 3 N–H and O–H groups in total. The van der Waals surface area contributed by atoms with Gasteiger partial charge in [-0.25, -0.2) is 5.84 Å². The molecule has 0 aromatic heterocycles. The summed E-state index contributed by atoms with van der Waals surface area (Å²) in [6.45, 7) is 4.78. The van der Waals surface area contributed by atoms with Gasteiger partial charge in [-0.2, -0.15) is 5.26 Å². The Labute approximate surface area is 91.2 Å². The van der Waals surface area contributed by atoms with Crippen molar-refractivity contribution in [3.8, 4) is 6.07 Å². The van der Waals surface area contributed by atoms with Gasteiger partial charge in [0, 0.05) is 19.4 Å². The van der Waals surface area contributed by atoms with E-state index in [1.54, 1.807) is 0 Å². The van der Waals surface area contributed by atoms with E-state index < -0.39 is 0 Å². The standard InChI is InChI=1S/C10H20N4O/c1-2-14(9-5-7-11)8-4-3-6-10(15)13-12/h2-6,8-9,12H2,1H3,(H,13,15). The molecule has 86 valence electrons. The molecule has 5 nitrogen and oxygen atoms in total. The Hall–Kier alpha value is -1.12. The SMILES string of the molecule is CCN(CCC#N)CCCCC(=O)NN. The third-order valence-electron chi connectivity index (χ3n) is 2.28. The minimum Gasteiger partial charge on any atom is -0.303 e. The van der Waals surface area contributed by atoms with Crippen molar-refractivity contribution in [3.63, 3.8) is 0 Å². The highest BCUT2D eigenvalue weighted by molar-refractivity contribution is 5.74. The van der Waals surface area contributed by atoms with Gasteiger partial charge in [-0.15, -0.1) is 0 Å². The number of nitriles is 1. The smallest absolute Gasteiger partial charge is 0.233 e. The van der Waals surface area contributed by atoms with Gasteiger partial charge in [-0.1, -0.05) is 6.92 Å². The lowest BCUT2D eigenvalue weighted by atomic mass is 10.2. The number of hydrogen-bond acceptors (Lipinski definition) is 4. The molecule has 0 saturated carbocycles. The molecule has 0 fully saturated rings. The van der Waals surface area contributed by atoms with Crippen LogP contribution < -0.4 is 11.3 Å². The van der Waals surface area contributed by atoms with Gasteiger partial charge in [-0.05, 0) is 25.9 Å². The van der Waals surface area contributed by atoms with Crippen molar-refractivity contribution in [3.05, 3.63) is 0 Å². The Kier molecular flexibility index (Phi) is 8.73. The fourth-order valence-corrected chi connectivity index (χ4v) is 1.33. The molecule has 0 aliphatic rings. The van der Waals surface area contributed by atoms with Crippen LogP contribution in [-0.2, 0) is 4.79 Å². The number of unbranched alkanes of at least 4 members (excludes halogenated alkanes) is 1. The lowest BCUT2D eigenvalue weighted by Crippen LogP contribution is -2.30. The van der Waals surface area contributed by atoms with Gasteiger partial charge < -0.3 is 4.90 Å². The third kappa shape index (κ3) is 7.91. The molecular weight excluding hydrogens is 192 g/mol. The van der Waals surface area contributed by atoms with Crippen molar-refractivity contribution >= 4 is 5.91 Å². The summed E-state index contributed by atoms with van der Waals surface area (Å²) in [4.78, 5) is 13.0. The first-order valence-corrected chi connectivity index (χ1v) is 5.33. The minimum atomic E-state index is -0.116. The molecule has 5 heteroatoms. The zero-order chi connectivity index (χ0) is 11.5. The van der Waals surface area contributed by atoms with Crippen molar-refractivity contribution < 1.29 is 4.79 Å². The van der Waals surface area contributed by atoms with E-state index >= 15 is 0 Å². The molecule has 0 bridgehead atoms. The highest BCUT2D eigenvalue weighted by Gasteiger charge is 2.02. The normalized spacial score (nSPS) is 10.0. The molecule has 1 amide bonds. The largest absolute Gasteiger partial charge is 0.303 e. The average molecular weight is 212 g/mol. The number of hydrogen-bond donors (Lipinski definition) is 2. The molecule has 0 radical (unpaired) electrons. The molecule has 0 rings (SSSR count). The Balaban J connectivity index is 3.46. The van der Waals surface area contributed by atoms with Crippen LogP contribution >= 0.6 is 0 Å². The molecule has 0 heterocycles. The molecular formula is C10H20N4O. The predicted octanol–water partition coefficient (Wildman–Crippen LogP) is 0.382. The van der Waals surface area contributed by atoms with E-state index in [-0.39, 0.29) is 5.91 Å². The van der Waals surface area contributed by atoms with Gasteiger partial charge in [-0.3, -0.25) is 10.2 Å². The number of nitrogens with one attached hydrogen (secondary N) is 1. The van der Waals surface area contributed by atoms with E-state index in [1.165, 1.54) is 0 Å². The van der Waals surface area contributed by atoms with Crippen LogP contribution in [-0.4, -0.2) is 30.4 Å². The van der Waals surface area contributed by atoms with Crippen LogP contribution in [0.2, 0.25) is 0 Å². The van der Waals surface area contributed by atoms with E-state index in [4.69, 9.17) is 11.1 Å². The molecule has 0 aliphatic carbocycles. The lowest BCUT2D eigenvalue weighted by Gasteiger charge is -2.18. The van der Waals surface area contributed by atoms with Crippen LogP contribution in [0.5, 0.6) is 0 Å². The van der Waals surface area contributed by atoms with Crippen molar-refractivity contribution in [2.45, 2.75) is 32.6 Å². The molecule has 0 aliphatic heterocycles. The molecule has 15 heavy (non-hydrogen) atoms. The predicted molar refractivity (Wildman–Crippen MR) is 58.5 cm³/mol. The maximum absolute atomic E-state index is 10.8. The van der Waals surface area contributed by atoms with E-state index in [0.29, 0.717) is 12.8 Å². The van der Waals surface area contributed by atoms with Crippen molar-refractivity contribution in [2.24, 2.45) is 5.84 Å². The quantitative estimate of drug-likeness (QED) is 0.264. The Morgan fingerprint density at radius 1 is 1.47 bits per heavy atom. The first-order chi connectivity index (χ1) is 7.24. The number of carbonyl (C=O) groups is 1. The number of rotatable bonds is 8. The van der Waals surface area contributed by atoms with Gasteiger partial charge >= 0.3 is 0 Å². The van der Waals surface area contributed by atoms with Gasteiger partial charge in [0.1, 0.15) is 0 Å². The summed E-state index contributed by atoms with van der Waals surface area (Å²) in [5.41, 5.74) is 2.11. The molecule has 0 atom stereocenters.